The average Bonchev–Trinajstić information content (AvgIpc) is 3.06. The molecule has 0 bridgehead atoms. The minimum atomic E-state index is -0.176. The molecule has 24 heavy (non-hydrogen) atoms. The molecule has 0 saturated heterocycles. The van der Waals surface area contributed by atoms with Crippen molar-refractivity contribution >= 4 is 16.8 Å². The molecule has 6 nitrogen and oxygen atoms in total. The summed E-state index contributed by atoms with van der Waals surface area (Å²) in [7, 11) is 0. The summed E-state index contributed by atoms with van der Waals surface area (Å²) in [5.74, 6) is 1.37. The van der Waals surface area contributed by atoms with Crippen LogP contribution in [0.3, 0.4) is 0 Å². The Morgan fingerprint density at radius 1 is 1.12 bits per heavy atom. The molecule has 0 spiro atoms. The molecule has 1 aromatic heterocycles. The molecule has 0 aliphatic carbocycles. The van der Waals surface area contributed by atoms with Gasteiger partial charge in [0.15, 0.2) is 17.2 Å². The molecule has 6 heteroatoms. The fourth-order valence-corrected chi connectivity index (χ4v) is 2.78. The third kappa shape index (κ3) is 2.78. The summed E-state index contributed by atoms with van der Waals surface area (Å²) in [6.07, 6.45) is 0.713. The number of H-pyrrole nitrogens is 1. The van der Waals surface area contributed by atoms with Crippen LogP contribution in [0.4, 0.5) is 0 Å². The first-order valence-corrected chi connectivity index (χ1v) is 7.91. The summed E-state index contributed by atoms with van der Waals surface area (Å²) in [5.41, 5.74) is 2.37. The van der Waals surface area contributed by atoms with Crippen molar-refractivity contribution in [2.24, 2.45) is 0 Å². The maximum atomic E-state index is 12.3. The predicted octanol–water partition coefficient (Wildman–Crippen LogP) is 2.31. The Bertz CT molecular complexity index is 888. The highest BCUT2D eigenvalue weighted by atomic mass is 16.6. The highest BCUT2D eigenvalue weighted by Gasteiger charge is 2.14. The Hall–Kier alpha value is -3.02. The molecule has 1 aliphatic rings. The molecule has 3 aromatic rings. The molecular formula is C18H17N3O3. The number of carbonyl (C=O) groups is 1. The molecule has 122 valence electrons. The topological polar surface area (TPSA) is 76.2 Å². The van der Waals surface area contributed by atoms with Crippen molar-refractivity contribution in [3.63, 3.8) is 0 Å². The number of aromatic nitrogens is 2. The lowest BCUT2D eigenvalue weighted by Crippen LogP contribution is -2.26. The third-order valence-corrected chi connectivity index (χ3v) is 3.99. The van der Waals surface area contributed by atoms with E-state index in [-0.39, 0.29) is 5.91 Å². The second-order valence-corrected chi connectivity index (χ2v) is 5.60. The number of nitrogens with one attached hydrogen (secondary N) is 2. The van der Waals surface area contributed by atoms with Crippen LogP contribution in [0.25, 0.3) is 10.9 Å². The number of carbonyl (C=O) groups excluding carboxylic acids is 1. The summed E-state index contributed by atoms with van der Waals surface area (Å²) < 4.78 is 11.1. The number of rotatable bonds is 4. The summed E-state index contributed by atoms with van der Waals surface area (Å²) in [6, 6.07) is 13.4. The van der Waals surface area contributed by atoms with E-state index in [0.29, 0.717) is 31.9 Å². The number of nitrogens with zero attached hydrogens (tertiary/aromatic N) is 1. The molecule has 1 aliphatic heterocycles. The largest absolute Gasteiger partial charge is 0.486 e. The van der Waals surface area contributed by atoms with Crippen molar-refractivity contribution in [3.05, 3.63) is 53.7 Å². The van der Waals surface area contributed by atoms with Crippen molar-refractivity contribution in [1.29, 1.82) is 0 Å². The van der Waals surface area contributed by atoms with Gasteiger partial charge in [0.25, 0.3) is 5.91 Å². The van der Waals surface area contributed by atoms with Gasteiger partial charge in [0.2, 0.25) is 0 Å². The van der Waals surface area contributed by atoms with Gasteiger partial charge in [-0.3, -0.25) is 9.89 Å². The van der Waals surface area contributed by atoms with Gasteiger partial charge < -0.3 is 14.8 Å². The summed E-state index contributed by atoms with van der Waals surface area (Å²) in [5, 5.41) is 10.7. The Labute approximate surface area is 138 Å². The minimum Gasteiger partial charge on any atom is -0.486 e. The van der Waals surface area contributed by atoms with Crippen LogP contribution in [0.5, 0.6) is 11.5 Å². The lowest BCUT2D eigenvalue weighted by molar-refractivity contribution is 0.0950. The van der Waals surface area contributed by atoms with Gasteiger partial charge in [0.05, 0.1) is 5.52 Å². The van der Waals surface area contributed by atoms with Crippen molar-refractivity contribution in [1.82, 2.24) is 15.5 Å². The fourth-order valence-electron chi connectivity index (χ4n) is 2.78. The maximum absolute atomic E-state index is 12.3. The molecule has 2 aromatic carbocycles. The highest BCUT2D eigenvalue weighted by Crippen LogP contribution is 2.30. The summed E-state index contributed by atoms with van der Waals surface area (Å²) >= 11 is 0. The monoisotopic (exact) mass is 323 g/mol. The zero-order valence-electron chi connectivity index (χ0n) is 13.0. The molecule has 2 N–H and O–H groups in total. The van der Waals surface area contributed by atoms with Crippen LogP contribution in [0.2, 0.25) is 0 Å². The van der Waals surface area contributed by atoms with Crippen molar-refractivity contribution in [2.75, 3.05) is 19.8 Å². The van der Waals surface area contributed by atoms with Crippen molar-refractivity contribution < 1.29 is 14.3 Å². The van der Waals surface area contributed by atoms with Crippen LogP contribution in [-0.4, -0.2) is 35.9 Å². The second-order valence-electron chi connectivity index (χ2n) is 5.60. The number of benzene rings is 2. The molecule has 4 rings (SSSR count). The van der Waals surface area contributed by atoms with E-state index in [4.69, 9.17) is 9.47 Å². The van der Waals surface area contributed by atoms with E-state index in [1.165, 1.54) is 0 Å². The van der Waals surface area contributed by atoms with Crippen molar-refractivity contribution in [3.8, 4) is 11.5 Å². The van der Waals surface area contributed by atoms with E-state index < -0.39 is 0 Å². The first-order valence-electron chi connectivity index (χ1n) is 7.91. The molecular weight excluding hydrogens is 306 g/mol. The SMILES string of the molecule is O=C(NCCc1ccc2c(c1)OCCO2)c1n[nH]c2ccccc12. The minimum absolute atomic E-state index is 0.176. The molecule has 0 unspecified atom stereocenters. The van der Waals surface area contributed by atoms with Gasteiger partial charge in [0, 0.05) is 11.9 Å². The number of ether oxygens (including phenoxy) is 2. The smallest absolute Gasteiger partial charge is 0.272 e. The van der Waals surface area contributed by atoms with Gasteiger partial charge in [-0.2, -0.15) is 5.10 Å². The maximum Gasteiger partial charge on any atom is 0.272 e. The zero-order valence-corrected chi connectivity index (χ0v) is 13.0. The molecule has 1 amide bonds. The first kappa shape index (κ1) is 14.6. The number of hydrogen-bond acceptors (Lipinski definition) is 4. The van der Waals surface area contributed by atoms with E-state index in [0.717, 1.165) is 28.0 Å². The van der Waals surface area contributed by atoms with E-state index in [9.17, 15) is 4.79 Å². The van der Waals surface area contributed by atoms with Gasteiger partial charge in [-0.05, 0) is 30.2 Å². The van der Waals surface area contributed by atoms with Crippen LogP contribution in [0.1, 0.15) is 16.1 Å². The quantitative estimate of drug-likeness (QED) is 0.772. The van der Waals surface area contributed by atoms with Crippen LogP contribution < -0.4 is 14.8 Å². The Morgan fingerprint density at radius 3 is 2.88 bits per heavy atom. The van der Waals surface area contributed by atoms with E-state index >= 15 is 0 Å². The lowest BCUT2D eigenvalue weighted by Gasteiger charge is -2.18. The number of aromatic amines is 1. The molecule has 0 fully saturated rings. The Balaban J connectivity index is 1.39. The van der Waals surface area contributed by atoms with Crippen LogP contribution in [0.15, 0.2) is 42.5 Å². The van der Waals surface area contributed by atoms with Crippen LogP contribution in [0, 0.1) is 0 Å². The van der Waals surface area contributed by atoms with Crippen molar-refractivity contribution in [2.45, 2.75) is 6.42 Å². The summed E-state index contributed by atoms with van der Waals surface area (Å²) in [6.45, 7) is 1.68. The average molecular weight is 323 g/mol. The first-order chi connectivity index (χ1) is 11.8. The van der Waals surface area contributed by atoms with E-state index in [2.05, 4.69) is 15.5 Å². The van der Waals surface area contributed by atoms with Gasteiger partial charge in [0.1, 0.15) is 13.2 Å². The zero-order chi connectivity index (χ0) is 16.4. The Kier molecular flexibility index (Phi) is 3.78. The Morgan fingerprint density at radius 2 is 1.96 bits per heavy atom. The third-order valence-electron chi connectivity index (χ3n) is 3.99. The van der Waals surface area contributed by atoms with Crippen LogP contribution >= 0.6 is 0 Å². The van der Waals surface area contributed by atoms with Gasteiger partial charge in [-0.15, -0.1) is 0 Å². The second kappa shape index (κ2) is 6.23. The van der Waals surface area contributed by atoms with Gasteiger partial charge in [-0.1, -0.05) is 24.3 Å². The number of para-hydroxylation sites is 1. The number of hydrogen-bond donors (Lipinski definition) is 2. The summed E-state index contributed by atoms with van der Waals surface area (Å²) in [4.78, 5) is 12.3. The molecule has 2 heterocycles. The normalized spacial score (nSPS) is 13.0. The van der Waals surface area contributed by atoms with Crippen LogP contribution in [-0.2, 0) is 6.42 Å². The van der Waals surface area contributed by atoms with E-state index in [1.54, 1.807) is 0 Å². The highest BCUT2D eigenvalue weighted by molar-refractivity contribution is 6.04. The molecule has 0 radical (unpaired) electrons. The lowest BCUT2D eigenvalue weighted by atomic mass is 10.1. The standard InChI is InChI=1S/C18H17N3O3/c22-18(17-13-3-1-2-4-14(13)20-21-17)19-8-7-12-5-6-15-16(11-12)24-10-9-23-15/h1-6,11H,7-10H2,(H,19,22)(H,20,21). The number of fused-ring (bicyclic) bond motifs is 2. The van der Waals surface area contributed by atoms with Gasteiger partial charge >= 0.3 is 0 Å². The fraction of sp³-hybridized carbons (Fsp3) is 0.222. The van der Waals surface area contributed by atoms with Gasteiger partial charge in [-0.25, -0.2) is 0 Å². The van der Waals surface area contributed by atoms with E-state index in [1.807, 2.05) is 42.5 Å². The molecule has 0 saturated carbocycles. The predicted molar refractivity (Wildman–Crippen MR) is 89.6 cm³/mol. The molecule has 0 atom stereocenters. The number of amides is 1.